The number of carbonyl (C=O) groups is 2. The Hall–Kier alpha value is -2.86. The van der Waals surface area contributed by atoms with E-state index < -0.39 is 0 Å². The highest BCUT2D eigenvalue weighted by atomic mass is 16.2. The fourth-order valence-electron chi connectivity index (χ4n) is 5.02. The molecular formula is C30H44N4O2. The van der Waals surface area contributed by atoms with E-state index in [1.165, 1.54) is 50.5 Å². The van der Waals surface area contributed by atoms with E-state index in [9.17, 15) is 9.59 Å². The molecule has 0 fully saturated rings. The summed E-state index contributed by atoms with van der Waals surface area (Å²) in [7, 11) is 3.93. The first-order valence-corrected chi connectivity index (χ1v) is 13.6. The van der Waals surface area contributed by atoms with Crippen molar-refractivity contribution in [2.75, 3.05) is 32.5 Å². The molecule has 2 amide bonds. The number of benzene rings is 1. The minimum Gasteiger partial charge on any atom is -0.359 e. The molecule has 0 bridgehead atoms. The summed E-state index contributed by atoms with van der Waals surface area (Å²) in [6, 6.07) is 7.75. The molecule has 1 aromatic heterocycles. The number of hydrogen-bond donors (Lipinski definition) is 3. The standard InChI is InChI=1S/C30H44N4O2/c1-22-24(17-18-29(35)34(4)20-14-10-8-6-5-7-9-13-19-31-3)23(2)32-28(22)21-26-25-15-11-12-16-27(25)33-30(26)36/h11-12,15-16,21,31-32H,5-10,13-14,17-20H2,1-4H3,(H,33,36). The topological polar surface area (TPSA) is 77.2 Å². The lowest BCUT2D eigenvalue weighted by atomic mass is 10.0. The lowest BCUT2D eigenvalue weighted by Crippen LogP contribution is -2.28. The molecule has 1 aliphatic rings. The smallest absolute Gasteiger partial charge is 0.256 e. The Balaban J connectivity index is 1.43. The predicted molar refractivity (Wildman–Crippen MR) is 150 cm³/mol. The average molecular weight is 493 g/mol. The molecule has 1 aliphatic heterocycles. The molecule has 0 atom stereocenters. The first-order chi connectivity index (χ1) is 17.4. The molecule has 0 spiro atoms. The van der Waals surface area contributed by atoms with Crippen molar-refractivity contribution >= 4 is 29.2 Å². The van der Waals surface area contributed by atoms with Crippen molar-refractivity contribution in [3.8, 4) is 0 Å². The van der Waals surface area contributed by atoms with E-state index in [2.05, 4.69) is 22.5 Å². The lowest BCUT2D eigenvalue weighted by Gasteiger charge is -2.17. The number of aromatic amines is 1. The molecular weight excluding hydrogens is 448 g/mol. The summed E-state index contributed by atoms with van der Waals surface area (Å²) in [5.41, 5.74) is 6.73. The van der Waals surface area contributed by atoms with Crippen LogP contribution in [-0.2, 0) is 16.0 Å². The number of nitrogens with one attached hydrogen (secondary N) is 3. The molecule has 0 radical (unpaired) electrons. The van der Waals surface area contributed by atoms with Gasteiger partial charge in [0, 0.05) is 42.7 Å². The van der Waals surface area contributed by atoms with E-state index in [1.807, 2.05) is 56.3 Å². The summed E-state index contributed by atoms with van der Waals surface area (Å²) < 4.78 is 0. The molecule has 6 nitrogen and oxygen atoms in total. The van der Waals surface area contributed by atoms with Gasteiger partial charge in [0.05, 0.1) is 5.57 Å². The van der Waals surface area contributed by atoms with Crippen LogP contribution in [0.15, 0.2) is 24.3 Å². The fourth-order valence-corrected chi connectivity index (χ4v) is 5.02. The summed E-state index contributed by atoms with van der Waals surface area (Å²) in [6.07, 6.45) is 13.2. The molecule has 36 heavy (non-hydrogen) atoms. The molecule has 196 valence electrons. The maximum absolute atomic E-state index is 12.7. The number of aromatic nitrogens is 1. The van der Waals surface area contributed by atoms with Crippen molar-refractivity contribution in [2.45, 2.75) is 78.1 Å². The third kappa shape index (κ3) is 7.57. The van der Waals surface area contributed by atoms with Crippen LogP contribution in [0.2, 0.25) is 0 Å². The number of para-hydroxylation sites is 1. The first-order valence-electron chi connectivity index (χ1n) is 13.6. The Morgan fingerprint density at radius 2 is 1.67 bits per heavy atom. The Morgan fingerprint density at radius 1 is 1.00 bits per heavy atom. The van der Waals surface area contributed by atoms with Gasteiger partial charge in [-0.15, -0.1) is 0 Å². The second kappa shape index (κ2) is 14.0. The van der Waals surface area contributed by atoms with Gasteiger partial charge in [-0.1, -0.05) is 56.7 Å². The molecule has 3 N–H and O–H groups in total. The van der Waals surface area contributed by atoms with Crippen LogP contribution in [0, 0.1) is 13.8 Å². The number of nitrogens with zero attached hydrogens (tertiary/aromatic N) is 1. The van der Waals surface area contributed by atoms with Crippen LogP contribution in [0.4, 0.5) is 5.69 Å². The lowest BCUT2D eigenvalue weighted by molar-refractivity contribution is -0.129. The summed E-state index contributed by atoms with van der Waals surface area (Å²) in [4.78, 5) is 30.6. The second-order valence-electron chi connectivity index (χ2n) is 10.1. The summed E-state index contributed by atoms with van der Waals surface area (Å²) in [5, 5.41) is 6.13. The van der Waals surface area contributed by atoms with Gasteiger partial charge in [0.25, 0.3) is 5.91 Å². The molecule has 0 saturated carbocycles. The van der Waals surface area contributed by atoms with Crippen molar-refractivity contribution in [1.29, 1.82) is 0 Å². The van der Waals surface area contributed by atoms with Gasteiger partial charge in [0.2, 0.25) is 5.91 Å². The van der Waals surface area contributed by atoms with Gasteiger partial charge in [0.1, 0.15) is 0 Å². The number of rotatable bonds is 15. The average Bonchev–Trinajstić information content (AvgIpc) is 3.33. The van der Waals surface area contributed by atoms with Gasteiger partial charge in [0.15, 0.2) is 0 Å². The van der Waals surface area contributed by atoms with Gasteiger partial charge in [-0.25, -0.2) is 0 Å². The third-order valence-corrected chi connectivity index (χ3v) is 7.32. The van der Waals surface area contributed by atoms with Crippen LogP contribution in [0.1, 0.15) is 85.9 Å². The highest BCUT2D eigenvalue weighted by Crippen LogP contribution is 2.33. The SMILES string of the molecule is CNCCCCCCCCCCN(C)C(=O)CCc1c(C)[nH]c(C=C2C(=O)Nc3ccccc32)c1C. The summed E-state index contributed by atoms with van der Waals surface area (Å²) in [5.74, 6) is 0.120. The minimum absolute atomic E-state index is 0.0780. The zero-order chi connectivity index (χ0) is 25.9. The number of carbonyl (C=O) groups excluding carboxylic acids is 2. The van der Waals surface area contributed by atoms with Crippen molar-refractivity contribution in [3.63, 3.8) is 0 Å². The van der Waals surface area contributed by atoms with E-state index in [1.54, 1.807) is 0 Å². The van der Waals surface area contributed by atoms with E-state index in [0.717, 1.165) is 47.7 Å². The predicted octanol–water partition coefficient (Wildman–Crippen LogP) is 5.86. The van der Waals surface area contributed by atoms with Gasteiger partial charge in [-0.05, 0) is 70.0 Å². The van der Waals surface area contributed by atoms with Crippen molar-refractivity contribution in [2.24, 2.45) is 0 Å². The summed E-state index contributed by atoms with van der Waals surface area (Å²) >= 11 is 0. The van der Waals surface area contributed by atoms with E-state index in [0.29, 0.717) is 18.4 Å². The number of hydrogen-bond acceptors (Lipinski definition) is 3. The van der Waals surface area contributed by atoms with Crippen molar-refractivity contribution in [1.82, 2.24) is 15.2 Å². The Bertz CT molecular complexity index is 1050. The number of amides is 2. The second-order valence-corrected chi connectivity index (χ2v) is 10.1. The quantitative estimate of drug-likeness (QED) is 0.215. The minimum atomic E-state index is -0.0780. The van der Waals surface area contributed by atoms with E-state index >= 15 is 0 Å². The molecule has 1 aromatic carbocycles. The normalized spacial score (nSPS) is 13.8. The first kappa shape index (κ1) is 27.7. The molecule has 3 rings (SSSR count). The van der Waals surface area contributed by atoms with Crippen LogP contribution < -0.4 is 10.6 Å². The Labute approximate surface area is 216 Å². The molecule has 6 heteroatoms. The van der Waals surface area contributed by atoms with E-state index in [4.69, 9.17) is 0 Å². The maximum atomic E-state index is 12.7. The number of anilines is 1. The van der Waals surface area contributed by atoms with E-state index in [-0.39, 0.29) is 11.8 Å². The number of H-pyrrole nitrogens is 1. The highest BCUT2D eigenvalue weighted by Gasteiger charge is 2.24. The van der Waals surface area contributed by atoms with Gasteiger partial charge >= 0.3 is 0 Å². The zero-order valence-corrected chi connectivity index (χ0v) is 22.6. The largest absolute Gasteiger partial charge is 0.359 e. The van der Waals surface area contributed by atoms with Crippen molar-refractivity contribution < 1.29 is 9.59 Å². The van der Waals surface area contributed by atoms with Crippen LogP contribution >= 0.6 is 0 Å². The molecule has 0 aliphatic carbocycles. The number of fused-ring (bicyclic) bond motifs is 1. The number of aryl methyl sites for hydroxylation is 1. The summed E-state index contributed by atoms with van der Waals surface area (Å²) in [6.45, 7) is 6.06. The molecule has 2 aromatic rings. The highest BCUT2D eigenvalue weighted by molar-refractivity contribution is 6.34. The molecule has 0 unspecified atom stereocenters. The maximum Gasteiger partial charge on any atom is 0.256 e. The molecule has 0 saturated heterocycles. The van der Waals surface area contributed by atoms with Gasteiger partial charge in [-0.2, -0.15) is 0 Å². The monoisotopic (exact) mass is 492 g/mol. The fraction of sp³-hybridized carbons (Fsp3) is 0.533. The Morgan fingerprint density at radius 3 is 2.39 bits per heavy atom. The van der Waals surface area contributed by atoms with Crippen LogP contribution in [-0.4, -0.2) is 48.9 Å². The zero-order valence-electron chi connectivity index (χ0n) is 22.6. The Kier molecular flexibility index (Phi) is 10.8. The van der Waals surface area contributed by atoms with Gasteiger partial charge < -0.3 is 20.5 Å². The van der Waals surface area contributed by atoms with Crippen LogP contribution in [0.25, 0.3) is 11.6 Å². The third-order valence-electron chi connectivity index (χ3n) is 7.32. The number of unbranched alkanes of at least 4 members (excludes halogenated alkanes) is 7. The van der Waals surface area contributed by atoms with Gasteiger partial charge in [-0.3, -0.25) is 9.59 Å². The van der Waals surface area contributed by atoms with Crippen LogP contribution in [0.5, 0.6) is 0 Å². The molecule has 2 heterocycles. The van der Waals surface area contributed by atoms with Crippen molar-refractivity contribution in [3.05, 3.63) is 52.3 Å². The van der Waals surface area contributed by atoms with Crippen LogP contribution in [0.3, 0.4) is 0 Å².